The molecule has 3 aliphatic carbocycles. The van der Waals surface area contributed by atoms with Gasteiger partial charge in [0.1, 0.15) is 11.6 Å². The monoisotopic (exact) mass is 502 g/mol. The Morgan fingerprint density at radius 1 is 1.22 bits per heavy atom. The zero-order valence-electron chi connectivity index (χ0n) is 23.0. The molecular weight excluding hydrogens is 459 g/mol. The highest BCUT2D eigenvalue weighted by molar-refractivity contribution is 6.47. The van der Waals surface area contributed by atoms with Gasteiger partial charge in [0.25, 0.3) is 0 Å². The van der Waals surface area contributed by atoms with Crippen LogP contribution in [0.25, 0.3) is 0 Å². The molecule has 2 amide bonds. The second-order valence-electron chi connectivity index (χ2n) is 13.0. The molecule has 1 aromatic rings. The average Bonchev–Trinajstić information content (AvgIpc) is 3.37. The van der Waals surface area contributed by atoms with Gasteiger partial charge in [-0.1, -0.05) is 27.7 Å². The lowest BCUT2D eigenvalue weighted by molar-refractivity contribution is -0.199. The minimum atomic E-state index is -0.875. The first-order chi connectivity index (χ1) is 16.7. The molecule has 0 unspecified atom stereocenters. The minimum absolute atomic E-state index is 0.0330. The lowest BCUT2D eigenvalue weighted by Gasteiger charge is -2.64. The van der Waals surface area contributed by atoms with Crippen LogP contribution in [0.15, 0.2) is 18.5 Å². The molecule has 200 valence electrons. The predicted molar refractivity (Wildman–Crippen MR) is 137 cm³/mol. The van der Waals surface area contributed by atoms with Crippen molar-refractivity contribution in [2.45, 2.75) is 110 Å². The van der Waals surface area contributed by atoms with Crippen LogP contribution >= 0.6 is 0 Å². The number of alkyl carbamates (subject to hydrolysis) is 1. The molecule has 1 aliphatic heterocycles. The molecule has 4 aliphatic rings. The van der Waals surface area contributed by atoms with Crippen molar-refractivity contribution in [2.24, 2.45) is 23.2 Å². The maximum atomic E-state index is 13.6. The normalized spacial score (nSPS) is 30.2. The average molecular weight is 502 g/mol. The molecule has 2 heterocycles. The highest BCUT2D eigenvalue weighted by Gasteiger charge is 2.68. The zero-order valence-corrected chi connectivity index (χ0v) is 23.0. The van der Waals surface area contributed by atoms with E-state index in [1.54, 1.807) is 43.9 Å². The van der Waals surface area contributed by atoms with Gasteiger partial charge in [0.05, 0.1) is 24.2 Å². The van der Waals surface area contributed by atoms with Gasteiger partial charge < -0.3 is 24.7 Å². The zero-order chi connectivity index (χ0) is 26.5. The molecule has 2 bridgehead atoms. The Morgan fingerprint density at radius 3 is 2.53 bits per heavy atom. The van der Waals surface area contributed by atoms with Crippen molar-refractivity contribution >= 4 is 19.1 Å². The van der Waals surface area contributed by atoms with Crippen LogP contribution in [0.4, 0.5) is 4.79 Å². The van der Waals surface area contributed by atoms with Crippen molar-refractivity contribution in [2.75, 3.05) is 0 Å². The molecule has 5 rings (SSSR count). The molecule has 0 spiro atoms. The number of hydrogen-bond acceptors (Lipinski definition) is 6. The van der Waals surface area contributed by atoms with Crippen LogP contribution in [0.3, 0.4) is 0 Å². The fourth-order valence-electron chi connectivity index (χ4n) is 6.34. The van der Waals surface area contributed by atoms with Gasteiger partial charge in [-0.15, -0.1) is 0 Å². The van der Waals surface area contributed by atoms with E-state index in [2.05, 4.69) is 50.4 Å². The molecular formula is C26H43BN4O5. The van der Waals surface area contributed by atoms with Crippen molar-refractivity contribution in [3.05, 3.63) is 18.5 Å². The van der Waals surface area contributed by atoms with E-state index in [9.17, 15) is 9.59 Å². The van der Waals surface area contributed by atoms with E-state index in [0.717, 1.165) is 6.42 Å². The summed E-state index contributed by atoms with van der Waals surface area (Å²) >= 11 is 0. The molecule has 10 heteroatoms. The number of hydrogen-bond donors (Lipinski definition) is 2. The van der Waals surface area contributed by atoms with Gasteiger partial charge in [0.15, 0.2) is 0 Å². The first-order valence-corrected chi connectivity index (χ1v) is 13.3. The second kappa shape index (κ2) is 9.67. The Balaban J connectivity index is 1.49. The summed E-state index contributed by atoms with van der Waals surface area (Å²) in [5.41, 5.74) is -0.790. The Hall–Kier alpha value is -2.07. The van der Waals surface area contributed by atoms with E-state index in [4.69, 9.17) is 14.0 Å². The largest absolute Gasteiger partial charge is 0.481 e. The summed E-state index contributed by atoms with van der Waals surface area (Å²) in [5.74, 6) is 0.735. The summed E-state index contributed by atoms with van der Waals surface area (Å²) in [6.07, 6.45) is 5.63. The van der Waals surface area contributed by atoms with Crippen LogP contribution < -0.4 is 10.6 Å². The quantitative estimate of drug-likeness (QED) is 0.527. The van der Waals surface area contributed by atoms with Crippen molar-refractivity contribution in [3.63, 3.8) is 0 Å². The third-order valence-electron chi connectivity index (χ3n) is 8.29. The van der Waals surface area contributed by atoms with Gasteiger partial charge in [-0.25, -0.2) is 4.79 Å². The summed E-state index contributed by atoms with van der Waals surface area (Å²) in [6, 6.07) is 0.902. The smallest absolute Gasteiger partial charge is 0.444 e. The van der Waals surface area contributed by atoms with Crippen molar-refractivity contribution < 1.29 is 23.6 Å². The van der Waals surface area contributed by atoms with Gasteiger partial charge in [-0.2, -0.15) is 5.10 Å². The van der Waals surface area contributed by atoms with Gasteiger partial charge >= 0.3 is 13.2 Å². The first-order valence-electron chi connectivity index (χ1n) is 13.3. The summed E-state index contributed by atoms with van der Waals surface area (Å²) in [4.78, 5) is 26.1. The topological polar surface area (TPSA) is 104 Å². The molecule has 6 atom stereocenters. The van der Waals surface area contributed by atoms with E-state index < -0.39 is 24.9 Å². The Kier molecular flexibility index (Phi) is 7.25. The molecule has 1 aromatic heterocycles. The summed E-state index contributed by atoms with van der Waals surface area (Å²) in [6.45, 7) is 16.6. The van der Waals surface area contributed by atoms with Crippen LogP contribution in [0.5, 0.6) is 0 Å². The Morgan fingerprint density at radius 2 is 1.94 bits per heavy atom. The van der Waals surface area contributed by atoms with E-state index >= 15 is 0 Å². The molecule has 1 saturated heterocycles. The van der Waals surface area contributed by atoms with Gasteiger partial charge in [-0.05, 0) is 76.2 Å². The predicted octanol–water partition coefficient (Wildman–Crippen LogP) is 3.57. The third-order valence-corrected chi connectivity index (χ3v) is 8.29. The SMILES string of the molecule is CC(C)C[C@H](NC(=O)[C@H](Cn1cccn1)NC(=O)OC(C)(C)C)B1O[C@@H]2C[C@@H]3C[C@@H](C3(C)C)[C@]2(C)O1. The number of carbonyl (C=O) groups excluding carboxylic acids is 2. The summed E-state index contributed by atoms with van der Waals surface area (Å²) in [7, 11) is -0.534. The highest BCUT2D eigenvalue weighted by atomic mass is 16.7. The molecule has 9 nitrogen and oxygen atoms in total. The number of nitrogens with one attached hydrogen (secondary N) is 2. The van der Waals surface area contributed by atoms with E-state index in [1.807, 2.05) is 0 Å². The molecule has 3 saturated carbocycles. The number of aromatic nitrogens is 2. The van der Waals surface area contributed by atoms with Crippen LogP contribution in [0.1, 0.15) is 74.7 Å². The van der Waals surface area contributed by atoms with E-state index in [1.165, 1.54) is 6.42 Å². The standard InChI is InChI=1S/C26H43BN4O5/c1-16(2)12-21(27-35-20-14-17-13-19(25(17,6)7)26(20,8)36-27)30-22(32)18(15-31-11-9-10-28-31)29-23(33)34-24(3,4)5/h9-11,16-21H,12-15H2,1-8H3,(H,29,33)(H,30,32)/t17-,18-,19-,20+,21-,26-/m0/s1. The summed E-state index contributed by atoms with van der Waals surface area (Å²) < 4.78 is 20.2. The maximum absolute atomic E-state index is 13.6. The number of rotatable bonds is 8. The molecule has 0 aromatic carbocycles. The fraction of sp³-hybridized carbons (Fsp3) is 0.808. The number of amides is 2. The van der Waals surface area contributed by atoms with E-state index in [0.29, 0.717) is 24.2 Å². The van der Waals surface area contributed by atoms with Crippen molar-refractivity contribution in [3.8, 4) is 0 Å². The van der Waals surface area contributed by atoms with Crippen LogP contribution in [-0.4, -0.2) is 58.2 Å². The molecule has 0 radical (unpaired) electrons. The van der Waals surface area contributed by atoms with E-state index in [-0.39, 0.29) is 35.5 Å². The Bertz CT molecular complexity index is 947. The maximum Gasteiger partial charge on any atom is 0.481 e. The molecule has 2 N–H and O–H groups in total. The lowest BCUT2D eigenvalue weighted by Crippen LogP contribution is -2.65. The van der Waals surface area contributed by atoms with Crippen LogP contribution in [0, 0.1) is 23.2 Å². The van der Waals surface area contributed by atoms with Crippen molar-refractivity contribution in [1.82, 2.24) is 20.4 Å². The van der Waals surface area contributed by atoms with Crippen LogP contribution in [-0.2, 0) is 25.4 Å². The summed E-state index contributed by atoms with van der Waals surface area (Å²) in [5, 5.41) is 10.1. The van der Waals surface area contributed by atoms with Gasteiger partial charge in [0, 0.05) is 12.4 Å². The first kappa shape index (κ1) is 27.0. The number of carbonyl (C=O) groups is 2. The van der Waals surface area contributed by atoms with Gasteiger partial charge in [0.2, 0.25) is 5.91 Å². The minimum Gasteiger partial charge on any atom is -0.444 e. The van der Waals surface area contributed by atoms with Crippen molar-refractivity contribution in [1.29, 1.82) is 0 Å². The number of ether oxygens (including phenoxy) is 1. The number of nitrogens with zero attached hydrogens (tertiary/aromatic N) is 2. The lowest BCUT2D eigenvalue weighted by atomic mass is 9.43. The highest BCUT2D eigenvalue weighted by Crippen LogP contribution is 2.65. The third kappa shape index (κ3) is 5.44. The Labute approximate surface area is 215 Å². The molecule has 4 fully saturated rings. The van der Waals surface area contributed by atoms with Crippen LogP contribution in [0.2, 0.25) is 0 Å². The second-order valence-corrected chi connectivity index (χ2v) is 13.0. The molecule has 36 heavy (non-hydrogen) atoms. The van der Waals surface area contributed by atoms with Gasteiger partial charge in [-0.3, -0.25) is 9.48 Å². The fourth-order valence-corrected chi connectivity index (χ4v) is 6.34.